The molecule has 1 saturated heterocycles. The number of nitrogens with zero attached hydrogens (tertiary/aromatic N) is 1. The van der Waals surface area contributed by atoms with Gasteiger partial charge in [-0.05, 0) is 17.7 Å². The molecule has 6 N–H and O–H groups in total. The van der Waals surface area contributed by atoms with E-state index in [4.69, 9.17) is 38.8 Å². The zero-order valence-electron chi connectivity index (χ0n) is 19.6. The predicted molar refractivity (Wildman–Crippen MR) is 143 cm³/mol. The summed E-state index contributed by atoms with van der Waals surface area (Å²) in [6, 6.07) is 4.13. The van der Waals surface area contributed by atoms with Crippen LogP contribution in [0, 0.1) is 0 Å². The molecule has 0 radical (unpaired) electrons. The van der Waals surface area contributed by atoms with E-state index >= 15 is 0 Å². The summed E-state index contributed by atoms with van der Waals surface area (Å²) in [4.78, 5) is 49.1. The van der Waals surface area contributed by atoms with Gasteiger partial charge in [0.15, 0.2) is 0 Å². The second kappa shape index (κ2) is 14.1. The van der Waals surface area contributed by atoms with Crippen LogP contribution >= 0.6 is 46.7 Å². The lowest BCUT2D eigenvalue weighted by Crippen LogP contribution is -2.47. The highest BCUT2D eigenvalue weighted by molar-refractivity contribution is 8.18. The zero-order chi connectivity index (χ0) is 26.9. The second-order valence-corrected chi connectivity index (χ2v) is 11.5. The van der Waals surface area contributed by atoms with Crippen LogP contribution in [0.15, 0.2) is 29.3 Å². The van der Waals surface area contributed by atoms with Gasteiger partial charge in [0.2, 0.25) is 11.8 Å². The number of amides is 3. The molecule has 0 bridgehead atoms. The van der Waals surface area contributed by atoms with E-state index in [0.717, 1.165) is 12.1 Å². The number of nitrogens with two attached hydrogens (primary N) is 1. The summed E-state index contributed by atoms with van der Waals surface area (Å²) < 4.78 is 5.47. The molecular formula is C22H27Cl2N5O6S2. The molecule has 15 heteroatoms. The molecule has 2 aliphatic rings. The maximum atomic E-state index is 12.4. The normalized spacial score (nSPS) is 20.4. The Bertz CT molecular complexity index is 1060. The zero-order valence-corrected chi connectivity index (χ0v) is 22.7. The summed E-state index contributed by atoms with van der Waals surface area (Å²) in [5.41, 5.74) is 6.22. The number of halogens is 2. The lowest BCUT2D eigenvalue weighted by Gasteiger charge is -2.33. The van der Waals surface area contributed by atoms with E-state index < -0.39 is 30.2 Å². The lowest BCUT2D eigenvalue weighted by atomic mass is 10.2. The number of ether oxygens (including phenoxy) is 1. The molecule has 1 fully saturated rings. The molecular weight excluding hydrogens is 565 g/mol. The summed E-state index contributed by atoms with van der Waals surface area (Å²) in [5.74, 6) is -2.91. The van der Waals surface area contributed by atoms with Crippen molar-refractivity contribution in [2.75, 3.05) is 32.0 Å². The maximum Gasteiger partial charge on any atom is 0.326 e. The molecule has 0 saturated carbocycles. The van der Waals surface area contributed by atoms with E-state index in [1.54, 1.807) is 6.07 Å². The minimum Gasteiger partial charge on any atom is -0.480 e. The van der Waals surface area contributed by atoms with Gasteiger partial charge in [0, 0.05) is 31.6 Å². The predicted octanol–water partition coefficient (Wildman–Crippen LogP) is 0.950. The number of carbonyl (C=O) groups is 4. The number of nitrogens with one attached hydrogen (secondary N) is 3. The average molecular weight is 593 g/mol. The first-order valence-corrected chi connectivity index (χ1v) is 14.0. The molecule has 3 rings (SSSR count). The smallest absolute Gasteiger partial charge is 0.326 e. The largest absolute Gasteiger partial charge is 0.480 e. The van der Waals surface area contributed by atoms with Crippen LogP contribution in [0.2, 0.25) is 10.0 Å². The highest BCUT2D eigenvalue weighted by atomic mass is 35.5. The van der Waals surface area contributed by atoms with Crippen LogP contribution in [0.5, 0.6) is 0 Å². The van der Waals surface area contributed by atoms with Crippen molar-refractivity contribution in [3.8, 4) is 0 Å². The van der Waals surface area contributed by atoms with E-state index in [1.807, 2.05) is 12.1 Å². The van der Waals surface area contributed by atoms with Gasteiger partial charge >= 0.3 is 5.97 Å². The van der Waals surface area contributed by atoms with Crippen LogP contribution in [0.3, 0.4) is 0 Å². The number of aliphatic carboxylic acids is 1. The van der Waals surface area contributed by atoms with E-state index in [-0.39, 0.29) is 28.2 Å². The van der Waals surface area contributed by atoms with Crippen molar-refractivity contribution in [3.63, 3.8) is 0 Å². The molecule has 11 nitrogen and oxygen atoms in total. The second-order valence-electron chi connectivity index (χ2n) is 8.27. The molecule has 37 heavy (non-hydrogen) atoms. The van der Waals surface area contributed by atoms with Crippen LogP contribution in [0.1, 0.15) is 12.0 Å². The van der Waals surface area contributed by atoms with Gasteiger partial charge in [-0.1, -0.05) is 41.0 Å². The number of carbonyl (C=O) groups excluding carboxylic acids is 3. The highest BCUT2D eigenvalue weighted by Crippen LogP contribution is 2.29. The first-order valence-electron chi connectivity index (χ1n) is 11.2. The fourth-order valence-corrected chi connectivity index (χ4v) is 5.79. The number of rotatable bonds is 12. The average Bonchev–Trinajstić information content (AvgIpc) is 3.32. The Morgan fingerprint density at radius 3 is 2.78 bits per heavy atom. The van der Waals surface area contributed by atoms with Crippen LogP contribution in [0.25, 0.3) is 0 Å². The third-order valence-corrected chi connectivity index (χ3v) is 8.41. The quantitative estimate of drug-likeness (QED) is 0.236. The van der Waals surface area contributed by atoms with Crippen LogP contribution in [-0.2, 0) is 30.5 Å². The molecule has 2 aliphatic heterocycles. The van der Waals surface area contributed by atoms with E-state index in [2.05, 4.69) is 20.9 Å². The van der Waals surface area contributed by atoms with Crippen molar-refractivity contribution in [2.24, 2.45) is 5.73 Å². The fourth-order valence-electron chi connectivity index (χ4n) is 3.54. The van der Waals surface area contributed by atoms with Crippen LogP contribution in [-0.4, -0.2) is 82.5 Å². The molecule has 0 aliphatic carbocycles. The summed E-state index contributed by atoms with van der Waals surface area (Å²) in [7, 11) is 0. The Morgan fingerprint density at radius 2 is 2.08 bits per heavy atom. The van der Waals surface area contributed by atoms with Crippen molar-refractivity contribution >= 4 is 70.4 Å². The third-order valence-electron chi connectivity index (χ3n) is 5.34. The van der Waals surface area contributed by atoms with Gasteiger partial charge in [-0.2, -0.15) is 0 Å². The van der Waals surface area contributed by atoms with Gasteiger partial charge in [0.25, 0.3) is 5.91 Å². The van der Waals surface area contributed by atoms with Crippen LogP contribution in [0.4, 0.5) is 0 Å². The lowest BCUT2D eigenvalue weighted by molar-refractivity contribution is -0.142. The number of primary amides is 1. The van der Waals surface area contributed by atoms with Crippen molar-refractivity contribution < 1.29 is 29.0 Å². The highest BCUT2D eigenvalue weighted by Gasteiger charge is 2.28. The Labute approximate surface area is 232 Å². The topological polar surface area (TPSA) is 163 Å². The minimum absolute atomic E-state index is 0.145. The number of morpholine rings is 1. The van der Waals surface area contributed by atoms with Crippen LogP contribution < -0.4 is 21.7 Å². The number of thioether (sulfide) groups is 2. The van der Waals surface area contributed by atoms with Gasteiger partial charge < -0.3 is 31.5 Å². The van der Waals surface area contributed by atoms with E-state index in [1.165, 1.54) is 28.9 Å². The van der Waals surface area contributed by atoms with Gasteiger partial charge in [-0.15, -0.1) is 11.8 Å². The molecule has 0 spiro atoms. The molecule has 202 valence electrons. The summed E-state index contributed by atoms with van der Waals surface area (Å²) >= 11 is 14.6. The first-order chi connectivity index (χ1) is 17.6. The van der Waals surface area contributed by atoms with E-state index in [0.29, 0.717) is 36.3 Å². The molecule has 0 aromatic heterocycles. The Hall–Kier alpha value is -2.16. The van der Waals surface area contributed by atoms with Gasteiger partial charge in [0.1, 0.15) is 16.4 Å². The summed E-state index contributed by atoms with van der Waals surface area (Å²) in [5, 5.41) is 19.7. The van der Waals surface area contributed by atoms with E-state index in [9.17, 15) is 19.2 Å². The number of benzene rings is 1. The first kappa shape index (κ1) is 29.4. The van der Waals surface area contributed by atoms with Crippen molar-refractivity contribution in [1.82, 2.24) is 20.9 Å². The number of hydrogen-bond acceptors (Lipinski definition) is 9. The van der Waals surface area contributed by atoms with Gasteiger partial charge in [-0.25, -0.2) is 4.79 Å². The SMILES string of the molecule is NC(=O)C[C@H](NC(=O)C1=CSC(SCC(=O)NC[C@H]2CN(Cc3ccc(Cl)c(Cl)c3)CCO2)N1)C(=O)O. The Kier molecular flexibility index (Phi) is 11.2. The summed E-state index contributed by atoms with van der Waals surface area (Å²) in [6.07, 6.45) is -0.665. The molecule has 3 atom stereocenters. The standard InChI is InChI=1S/C22H27Cl2N5O6S2/c23-14-2-1-12(5-15(14)24)8-29-3-4-35-13(9-29)7-26-19(31)11-37-22-28-17(10-36-22)20(32)27-16(21(33)34)6-18(25)30/h1-2,5,10,13,16,22,28H,3-4,6-9,11H2,(H2,25,30)(H,26,31)(H,27,32)(H,33,34)/t13-,16-,22?/m0/s1. The Morgan fingerprint density at radius 1 is 1.30 bits per heavy atom. The summed E-state index contributed by atoms with van der Waals surface area (Å²) in [6.45, 7) is 3.04. The van der Waals surface area contributed by atoms with Crippen molar-refractivity contribution in [3.05, 3.63) is 44.9 Å². The minimum atomic E-state index is -1.42. The molecule has 3 amide bonds. The molecule has 1 unspecified atom stereocenters. The third kappa shape index (κ3) is 9.58. The fraction of sp³-hybridized carbons (Fsp3) is 0.455. The molecule has 2 heterocycles. The van der Waals surface area contributed by atoms with Crippen molar-refractivity contribution in [2.45, 2.75) is 29.8 Å². The number of carboxylic acids is 1. The monoisotopic (exact) mass is 591 g/mol. The Balaban J connectivity index is 1.35. The molecule has 1 aromatic rings. The number of hydrogen-bond donors (Lipinski definition) is 5. The molecule has 1 aromatic carbocycles. The van der Waals surface area contributed by atoms with Crippen molar-refractivity contribution in [1.29, 1.82) is 0 Å². The maximum absolute atomic E-state index is 12.4. The van der Waals surface area contributed by atoms with Gasteiger partial charge in [0.05, 0.1) is 34.9 Å². The number of carboxylic acid groups (broad SMARTS) is 1. The van der Waals surface area contributed by atoms with Gasteiger partial charge in [-0.3, -0.25) is 19.3 Å².